The first kappa shape index (κ1) is 36.1. The van der Waals surface area contributed by atoms with Gasteiger partial charge < -0.3 is 56.9 Å². The summed E-state index contributed by atoms with van der Waals surface area (Å²) in [7, 11) is 0. The van der Waals surface area contributed by atoms with E-state index >= 15 is 0 Å². The molecule has 4 aliphatic rings. The first-order chi connectivity index (χ1) is 9.03. The summed E-state index contributed by atoms with van der Waals surface area (Å²) < 4.78 is 0. The fourth-order valence-electron chi connectivity index (χ4n) is 5.22. The van der Waals surface area contributed by atoms with E-state index in [1.807, 2.05) is 0 Å². The van der Waals surface area contributed by atoms with Crippen LogP contribution in [0.4, 0.5) is 0 Å². The molecule has 0 radical (unpaired) electrons. The van der Waals surface area contributed by atoms with Crippen LogP contribution < -0.4 is 47.3 Å². The average molecular weight is 582 g/mol. The van der Waals surface area contributed by atoms with Gasteiger partial charge in [0.2, 0.25) is 0 Å². The molecule has 0 aromatic carbocycles. The van der Waals surface area contributed by atoms with Crippen molar-refractivity contribution in [2.45, 2.75) is 66.2 Å². The Morgan fingerprint density at radius 3 is 1.16 bits per heavy atom. The van der Waals surface area contributed by atoms with Crippen LogP contribution in [0.3, 0.4) is 0 Å². The molecular formula is C16H32Cl2N2O4Pt. The predicted octanol–water partition coefficient (Wildman–Crippen LogP) is -4.55. The van der Waals surface area contributed by atoms with Crippen molar-refractivity contribution in [3.8, 4) is 0 Å². The van der Waals surface area contributed by atoms with Crippen molar-refractivity contribution < 1.29 is 65.7 Å². The number of hydrogen-bond acceptors (Lipinski definition) is 6. The Labute approximate surface area is 178 Å². The predicted molar refractivity (Wildman–Crippen MR) is 82.3 cm³/mol. The summed E-state index contributed by atoms with van der Waals surface area (Å²) in [6.45, 7) is 7.03. The fraction of sp³-hybridized carbons (Fsp3) is 0.875. The molecule has 154 valence electrons. The van der Waals surface area contributed by atoms with E-state index in [0.717, 1.165) is 36.5 Å². The molecule has 4 aliphatic carbocycles. The molecule has 6 nitrogen and oxygen atoms in total. The molecule has 25 heavy (non-hydrogen) atoms. The van der Waals surface area contributed by atoms with Crippen LogP contribution in [-0.4, -0.2) is 11.9 Å². The smallest absolute Gasteiger partial charge is 1.00 e. The Bertz CT molecular complexity index is 346. The molecule has 0 aromatic heterocycles. The second kappa shape index (κ2) is 14.2. The minimum Gasteiger partial charge on any atom is -1.00 e. The van der Waals surface area contributed by atoms with Gasteiger partial charge in [-0.05, 0) is 75.0 Å². The van der Waals surface area contributed by atoms with Crippen LogP contribution >= 0.6 is 0 Å². The monoisotopic (exact) mass is 581 g/mol. The Morgan fingerprint density at radius 2 is 1.00 bits per heavy atom. The third-order valence-electron chi connectivity index (χ3n) is 4.65. The normalized spacial score (nSPS) is 32.0. The van der Waals surface area contributed by atoms with Gasteiger partial charge in [-0.25, -0.2) is 0 Å². The van der Waals surface area contributed by atoms with Crippen molar-refractivity contribution in [3.05, 3.63) is 0 Å². The first-order valence-corrected chi connectivity index (χ1v) is 7.39. The molecule has 4 saturated carbocycles. The van der Waals surface area contributed by atoms with Gasteiger partial charge in [0.25, 0.3) is 0 Å². The van der Waals surface area contributed by atoms with Gasteiger partial charge in [0.05, 0.1) is 0 Å². The molecule has 0 amide bonds. The number of carbonyl (C=O) groups is 2. The summed E-state index contributed by atoms with van der Waals surface area (Å²) in [4.78, 5) is 17.8. The number of hydrogen-bond donors (Lipinski definition) is 2. The SMILES string of the molecule is CC(=O)[O-].CC(=O)[O-].CC12CC3CC(C1)CC(C)(C3)C2.N.N.[Cl-].[Cl-].[Pt+4]. The molecule has 0 spiro atoms. The van der Waals surface area contributed by atoms with Crippen molar-refractivity contribution in [1.29, 1.82) is 0 Å². The molecule has 6 N–H and O–H groups in total. The summed E-state index contributed by atoms with van der Waals surface area (Å²) >= 11 is 0. The Balaban J connectivity index is -0.0000000908. The fourth-order valence-corrected chi connectivity index (χ4v) is 5.22. The zero-order chi connectivity index (χ0) is 15.6. The minimum absolute atomic E-state index is 0. The molecule has 0 heterocycles. The molecule has 0 atom stereocenters. The van der Waals surface area contributed by atoms with Gasteiger partial charge in [-0.15, -0.1) is 0 Å². The van der Waals surface area contributed by atoms with E-state index in [-0.39, 0.29) is 58.2 Å². The number of carbonyl (C=O) groups excluding carboxylic acids is 2. The molecule has 4 bridgehead atoms. The van der Waals surface area contributed by atoms with E-state index in [9.17, 15) is 0 Å². The molecule has 9 heteroatoms. The number of halogens is 2. The van der Waals surface area contributed by atoms with Crippen LogP contribution in [0.1, 0.15) is 66.2 Å². The molecule has 0 aromatic rings. The number of carboxylic acids is 2. The maximum atomic E-state index is 8.89. The van der Waals surface area contributed by atoms with E-state index in [0.29, 0.717) is 0 Å². The van der Waals surface area contributed by atoms with Crippen molar-refractivity contribution in [2.24, 2.45) is 22.7 Å². The van der Waals surface area contributed by atoms with Gasteiger partial charge in [0.1, 0.15) is 0 Å². The summed E-state index contributed by atoms with van der Waals surface area (Å²) in [5, 5.41) is 17.8. The zero-order valence-electron chi connectivity index (χ0n) is 15.5. The van der Waals surface area contributed by atoms with Crippen LogP contribution in [0.5, 0.6) is 0 Å². The maximum absolute atomic E-state index is 8.89. The third kappa shape index (κ3) is 13.0. The Hall–Kier alpha value is 0.128. The molecule has 0 saturated heterocycles. The first-order valence-electron chi connectivity index (χ1n) is 7.39. The summed E-state index contributed by atoms with van der Waals surface area (Å²) in [5.41, 5.74) is 1.53. The van der Waals surface area contributed by atoms with E-state index in [1.165, 1.54) is 6.42 Å². The average Bonchev–Trinajstić information content (AvgIpc) is 2.07. The Morgan fingerprint density at radius 1 is 0.800 bits per heavy atom. The summed E-state index contributed by atoms with van der Waals surface area (Å²) in [5.74, 6) is 0.0579. The second-order valence-electron chi connectivity index (χ2n) is 7.57. The van der Waals surface area contributed by atoms with Crippen LogP contribution in [0.15, 0.2) is 0 Å². The quantitative estimate of drug-likeness (QED) is 0.294. The van der Waals surface area contributed by atoms with Crippen LogP contribution in [-0.2, 0) is 30.7 Å². The minimum atomic E-state index is -1.08. The van der Waals surface area contributed by atoms with Crippen molar-refractivity contribution in [3.63, 3.8) is 0 Å². The molecule has 0 aliphatic heterocycles. The van der Waals surface area contributed by atoms with Gasteiger partial charge in [-0.3, -0.25) is 0 Å². The zero-order valence-corrected chi connectivity index (χ0v) is 19.3. The third-order valence-corrected chi connectivity index (χ3v) is 4.65. The van der Waals surface area contributed by atoms with Crippen molar-refractivity contribution in [2.75, 3.05) is 0 Å². The largest absolute Gasteiger partial charge is 4.00 e. The standard InChI is InChI=1S/C12H20.2C2H4O2.2ClH.2H3N.Pt/c1-11-4-9-3-10(5-11)7-12(2,6-9)8-11;2*1-2(3)4;;;;;/h9-10H,3-8H2,1-2H3;2*1H3,(H,3,4);2*1H;2*1H3;/q;;;;;;;+4/p-4. The molecule has 4 rings (SSSR count). The number of aliphatic carboxylic acids is 2. The van der Waals surface area contributed by atoms with Crippen molar-refractivity contribution >= 4 is 11.9 Å². The number of rotatable bonds is 0. The van der Waals surface area contributed by atoms with Gasteiger partial charge in [-0.1, -0.05) is 13.8 Å². The molecule has 4 fully saturated rings. The number of carboxylic acid groups (broad SMARTS) is 2. The van der Waals surface area contributed by atoms with Crippen molar-refractivity contribution in [1.82, 2.24) is 12.3 Å². The second-order valence-corrected chi connectivity index (χ2v) is 7.57. The summed E-state index contributed by atoms with van der Waals surface area (Å²) in [6, 6.07) is 0. The van der Waals surface area contributed by atoms with Crippen LogP contribution in [0, 0.1) is 22.7 Å². The van der Waals surface area contributed by atoms with E-state index in [1.54, 1.807) is 32.1 Å². The molecule has 0 unspecified atom stereocenters. The van der Waals surface area contributed by atoms with E-state index in [4.69, 9.17) is 19.8 Å². The van der Waals surface area contributed by atoms with Crippen LogP contribution in [0.2, 0.25) is 0 Å². The van der Waals surface area contributed by atoms with E-state index < -0.39 is 11.9 Å². The van der Waals surface area contributed by atoms with Gasteiger partial charge in [0, 0.05) is 11.9 Å². The van der Waals surface area contributed by atoms with E-state index in [2.05, 4.69) is 13.8 Å². The van der Waals surface area contributed by atoms with Gasteiger partial charge >= 0.3 is 21.1 Å². The Kier molecular flexibility index (Phi) is 20.5. The topological polar surface area (TPSA) is 150 Å². The molecular weight excluding hydrogens is 550 g/mol. The summed E-state index contributed by atoms with van der Waals surface area (Å²) in [6.07, 6.45) is 9.33. The maximum Gasteiger partial charge on any atom is 4.00 e. The van der Waals surface area contributed by atoms with Crippen LogP contribution in [0.25, 0.3) is 0 Å². The van der Waals surface area contributed by atoms with Gasteiger partial charge in [-0.2, -0.15) is 0 Å². The van der Waals surface area contributed by atoms with Gasteiger partial charge in [0.15, 0.2) is 0 Å².